The molecule has 0 aliphatic carbocycles. The average Bonchev–Trinajstić information content (AvgIpc) is 2.99. The van der Waals surface area contributed by atoms with Gasteiger partial charge in [-0.3, -0.25) is 9.58 Å². The van der Waals surface area contributed by atoms with Crippen LogP contribution in [0.2, 0.25) is 0 Å². The number of nitrogens with zero attached hydrogens (tertiary/aromatic N) is 5. The zero-order valence-electron chi connectivity index (χ0n) is 9.91. The van der Waals surface area contributed by atoms with Gasteiger partial charge in [0.2, 0.25) is 0 Å². The van der Waals surface area contributed by atoms with Gasteiger partial charge < -0.3 is 0 Å². The molecule has 1 saturated heterocycles. The molecule has 0 aromatic carbocycles. The molecule has 1 atom stereocenters. The molecule has 1 fully saturated rings. The summed E-state index contributed by atoms with van der Waals surface area (Å²) in [6.07, 6.45) is 8.58. The molecule has 2 aromatic rings. The van der Waals surface area contributed by atoms with E-state index < -0.39 is 0 Å². The highest BCUT2D eigenvalue weighted by atomic mass is 79.9. The smallest absolute Gasteiger partial charge is 0.142 e. The van der Waals surface area contributed by atoms with E-state index >= 15 is 0 Å². The van der Waals surface area contributed by atoms with E-state index in [4.69, 9.17) is 0 Å². The SMILES string of the molecule is Brc1cnn(C2CCN(Cc3ncccn3)C2)c1. The predicted octanol–water partition coefficient (Wildman–Crippen LogP) is 1.88. The fourth-order valence-corrected chi connectivity index (χ4v) is 2.60. The Bertz CT molecular complexity index is 512. The molecule has 0 bridgehead atoms. The number of hydrogen-bond donors (Lipinski definition) is 0. The van der Waals surface area contributed by atoms with Crippen LogP contribution in [0.1, 0.15) is 18.3 Å². The van der Waals surface area contributed by atoms with Crippen molar-refractivity contribution in [1.82, 2.24) is 24.6 Å². The Morgan fingerprint density at radius 1 is 1.33 bits per heavy atom. The molecule has 0 saturated carbocycles. The Morgan fingerprint density at radius 2 is 2.17 bits per heavy atom. The summed E-state index contributed by atoms with van der Waals surface area (Å²) in [5.74, 6) is 0.889. The summed E-state index contributed by atoms with van der Waals surface area (Å²) in [5.41, 5.74) is 0. The Kier molecular flexibility index (Phi) is 3.38. The van der Waals surface area contributed by atoms with Crippen molar-refractivity contribution < 1.29 is 0 Å². The van der Waals surface area contributed by atoms with Gasteiger partial charge in [-0.05, 0) is 28.4 Å². The Morgan fingerprint density at radius 3 is 2.89 bits per heavy atom. The van der Waals surface area contributed by atoms with E-state index in [0.29, 0.717) is 6.04 Å². The summed E-state index contributed by atoms with van der Waals surface area (Å²) in [6, 6.07) is 2.30. The third-order valence-electron chi connectivity index (χ3n) is 3.18. The second-order valence-electron chi connectivity index (χ2n) is 4.48. The van der Waals surface area contributed by atoms with E-state index in [1.54, 1.807) is 12.4 Å². The van der Waals surface area contributed by atoms with E-state index in [1.165, 1.54) is 0 Å². The van der Waals surface area contributed by atoms with Gasteiger partial charge in [-0.15, -0.1) is 0 Å². The van der Waals surface area contributed by atoms with Crippen molar-refractivity contribution in [3.05, 3.63) is 41.2 Å². The lowest BCUT2D eigenvalue weighted by Crippen LogP contribution is -2.22. The summed E-state index contributed by atoms with van der Waals surface area (Å²) in [5, 5.41) is 4.35. The van der Waals surface area contributed by atoms with E-state index in [9.17, 15) is 0 Å². The molecule has 1 aliphatic heterocycles. The highest BCUT2D eigenvalue weighted by molar-refractivity contribution is 9.10. The molecule has 6 heteroatoms. The largest absolute Gasteiger partial charge is 0.294 e. The molecular weight excluding hydrogens is 294 g/mol. The molecular formula is C12H14BrN5. The first-order valence-corrected chi connectivity index (χ1v) is 6.78. The molecule has 0 amide bonds. The van der Waals surface area contributed by atoms with Crippen molar-refractivity contribution in [3.8, 4) is 0 Å². The van der Waals surface area contributed by atoms with Gasteiger partial charge in [0.1, 0.15) is 5.82 Å². The lowest BCUT2D eigenvalue weighted by atomic mass is 10.3. The molecule has 18 heavy (non-hydrogen) atoms. The van der Waals surface area contributed by atoms with E-state index in [1.807, 2.05) is 23.1 Å². The van der Waals surface area contributed by atoms with Crippen LogP contribution in [0.4, 0.5) is 0 Å². The molecule has 0 radical (unpaired) electrons. The summed E-state index contributed by atoms with van der Waals surface area (Å²) in [6.45, 7) is 2.90. The molecule has 3 rings (SSSR count). The summed E-state index contributed by atoms with van der Waals surface area (Å²) in [4.78, 5) is 10.9. The van der Waals surface area contributed by atoms with Crippen molar-refractivity contribution in [2.75, 3.05) is 13.1 Å². The number of likely N-dealkylation sites (tertiary alicyclic amines) is 1. The quantitative estimate of drug-likeness (QED) is 0.868. The lowest BCUT2D eigenvalue weighted by molar-refractivity contribution is 0.304. The van der Waals surface area contributed by atoms with E-state index in [-0.39, 0.29) is 0 Å². The minimum Gasteiger partial charge on any atom is -0.294 e. The number of aromatic nitrogens is 4. The normalized spacial score (nSPS) is 20.4. The Labute approximate surface area is 114 Å². The first-order valence-electron chi connectivity index (χ1n) is 5.99. The van der Waals surface area contributed by atoms with Crippen LogP contribution >= 0.6 is 15.9 Å². The Balaban J connectivity index is 1.62. The third kappa shape index (κ3) is 2.59. The lowest BCUT2D eigenvalue weighted by Gasteiger charge is -2.14. The number of hydrogen-bond acceptors (Lipinski definition) is 4. The standard InChI is InChI=1S/C12H14BrN5/c13-10-6-16-18(7-10)11-2-5-17(8-11)9-12-14-3-1-4-15-12/h1,3-4,6-7,11H,2,5,8-9H2. The van der Waals surface area contributed by atoms with Crippen LogP contribution in [0.5, 0.6) is 0 Å². The molecule has 3 heterocycles. The van der Waals surface area contributed by atoms with Gasteiger partial charge >= 0.3 is 0 Å². The van der Waals surface area contributed by atoms with Gasteiger partial charge in [-0.1, -0.05) is 0 Å². The van der Waals surface area contributed by atoms with Crippen LogP contribution in [-0.4, -0.2) is 37.7 Å². The first-order chi connectivity index (χ1) is 8.81. The second-order valence-corrected chi connectivity index (χ2v) is 5.40. The van der Waals surface area contributed by atoms with Crippen molar-refractivity contribution in [3.63, 3.8) is 0 Å². The Hall–Kier alpha value is -1.27. The van der Waals surface area contributed by atoms with Gasteiger partial charge in [-0.25, -0.2) is 9.97 Å². The zero-order valence-corrected chi connectivity index (χ0v) is 11.5. The maximum Gasteiger partial charge on any atom is 0.142 e. The fraction of sp³-hybridized carbons (Fsp3) is 0.417. The summed E-state index contributed by atoms with van der Waals surface area (Å²) < 4.78 is 3.07. The van der Waals surface area contributed by atoms with Crippen molar-refractivity contribution in [2.45, 2.75) is 19.0 Å². The van der Waals surface area contributed by atoms with Crippen molar-refractivity contribution >= 4 is 15.9 Å². The maximum absolute atomic E-state index is 4.35. The fourth-order valence-electron chi connectivity index (χ4n) is 2.30. The summed E-state index contributed by atoms with van der Waals surface area (Å²) in [7, 11) is 0. The predicted molar refractivity (Wildman–Crippen MR) is 70.9 cm³/mol. The second kappa shape index (κ2) is 5.16. The molecule has 0 spiro atoms. The van der Waals surface area contributed by atoms with Gasteiger partial charge in [-0.2, -0.15) is 5.10 Å². The summed E-state index contributed by atoms with van der Waals surface area (Å²) >= 11 is 3.43. The molecule has 94 valence electrons. The van der Waals surface area contributed by atoms with Gasteiger partial charge in [0.15, 0.2) is 0 Å². The minimum absolute atomic E-state index is 0.458. The molecule has 1 aliphatic rings. The molecule has 2 aromatic heterocycles. The zero-order chi connectivity index (χ0) is 12.4. The first kappa shape index (κ1) is 11.8. The van der Waals surface area contributed by atoms with Crippen LogP contribution < -0.4 is 0 Å². The number of halogens is 1. The van der Waals surface area contributed by atoms with Gasteiger partial charge in [0.05, 0.1) is 23.3 Å². The van der Waals surface area contributed by atoms with Crippen LogP contribution in [-0.2, 0) is 6.54 Å². The van der Waals surface area contributed by atoms with Gasteiger partial charge in [0, 0.05) is 31.7 Å². The van der Waals surface area contributed by atoms with Crippen LogP contribution in [0.15, 0.2) is 35.3 Å². The van der Waals surface area contributed by atoms with Crippen molar-refractivity contribution in [2.24, 2.45) is 0 Å². The van der Waals surface area contributed by atoms with E-state index in [2.05, 4.69) is 35.9 Å². The minimum atomic E-state index is 0.458. The van der Waals surface area contributed by atoms with Crippen LogP contribution in [0.3, 0.4) is 0 Å². The van der Waals surface area contributed by atoms with Crippen LogP contribution in [0, 0.1) is 0 Å². The average molecular weight is 308 g/mol. The highest BCUT2D eigenvalue weighted by Crippen LogP contribution is 2.23. The van der Waals surface area contributed by atoms with Crippen molar-refractivity contribution in [1.29, 1.82) is 0 Å². The van der Waals surface area contributed by atoms with Gasteiger partial charge in [0.25, 0.3) is 0 Å². The van der Waals surface area contributed by atoms with Crippen LogP contribution in [0.25, 0.3) is 0 Å². The molecule has 0 N–H and O–H groups in total. The third-order valence-corrected chi connectivity index (χ3v) is 3.59. The molecule has 5 nitrogen and oxygen atoms in total. The topological polar surface area (TPSA) is 46.8 Å². The molecule has 1 unspecified atom stereocenters. The highest BCUT2D eigenvalue weighted by Gasteiger charge is 2.24. The monoisotopic (exact) mass is 307 g/mol. The maximum atomic E-state index is 4.35. The number of rotatable bonds is 3. The van der Waals surface area contributed by atoms with E-state index in [0.717, 1.165) is 36.4 Å².